The second kappa shape index (κ2) is 5.96. The van der Waals surface area contributed by atoms with Gasteiger partial charge in [-0.2, -0.15) is 0 Å². The van der Waals surface area contributed by atoms with E-state index in [0.29, 0.717) is 11.5 Å². The summed E-state index contributed by atoms with van der Waals surface area (Å²) in [4.78, 5) is 0. The van der Waals surface area contributed by atoms with Gasteiger partial charge in [0.2, 0.25) is 0 Å². The van der Waals surface area contributed by atoms with E-state index in [0.717, 1.165) is 18.9 Å². The molecule has 0 amide bonds. The van der Waals surface area contributed by atoms with Crippen LogP contribution >= 0.6 is 0 Å². The van der Waals surface area contributed by atoms with Crippen LogP contribution in [0.3, 0.4) is 0 Å². The zero-order chi connectivity index (χ0) is 13.9. The Morgan fingerprint density at radius 2 is 2.11 bits per heavy atom. The van der Waals surface area contributed by atoms with Crippen molar-refractivity contribution in [2.24, 2.45) is 5.41 Å². The van der Waals surface area contributed by atoms with Crippen LogP contribution in [0.15, 0.2) is 18.2 Å². The fourth-order valence-corrected chi connectivity index (χ4v) is 3.05. The third-order valence-corrected chi connectivity index (χ3v) is 4.08. The second-order valence-electron chi connectivity index (χ2n) is 6.27. The fraction of sp³-hybridized carbons (Fsp3) is 0.647. The van der Waals surface area contributed by atoms with Crippen molar-refractivity contribution in [3.05, 3.63) is 29.3 Å². The lowest BCUT2D eigenvalue weighted by molar-refractivity contribution is 0.274. The lowest BCUT2D eigenvalue weighted by atomic mass is 9.83. The van der Waals surface area contributed by atoms with Crippen molar-refractivity contribution in [2.75, 3.05) is 13.2 Å². The van der Waals surface area contributed by atoms with Crippen molar-refractivity contribution in [3.8, 4) is 5.75 Å². The number of hydrogen-bond donors (Lipinski definition) is 1. The average molecular weight is 261 g/mol. The standard InChI is InChI=1S/C17H27NO/c1-5-18-16-12-17(3,4)10-9-13-7-8-14(19-6-2)11-15(13)16/h7-8,11,16,18H,5-6,9-10,12H2,1-4H3. The molecule has 1 aromatic carbocycles. The molecule has 1 N–H and O–H groups in total. The molecular weight excluding hydrogens is 234 g/mol. The van der Waals surface area contributed by atoms with Crippen LogP contribution in [0.4, 0.5) is 0 Å². The van der Waals surface area contributed by atoms with E-state index in [2.05, 4.69) is 44.3 Å². The smallest absolute Gasteiger partial charge is 0.119 e. The molecule has 19 heavy (non-hydrogen) atoms. The highest BCUT2D eigenvalue weighted by Crippen LogP contribution is 2.40. The van der Waals surface area contributed by atoms with Gasteiger partial charge >= 0.3 is 0 Å². The van der Waals surface area contributed by atoms with E-state index < -0.39 is 0 Å². The molecule has 1 aromatic rings. The SMILES string of the molecule is CCNC1CC(C)(C)CCc2ccc(OCC)cc21. The fourth-order valence-electron chi connectivity index (χ4n) is 3.05. The number of nitrogens with one attached hydrogen (secondary N) is 1. The topological polar surface area (TPSA) is 21.3 Å². The summed E-state index contributed by atoms with van der Waals surface area (Å²) in [6.45, 7) is 10.7. The Labute approximate surface area is 117 Å². The van der Waals surface area contributed by atoms with Gasteiger partial charge in [0.25, 0.3) is 0 Å². The van der Waals surface area contributed by atoms with Crippen LogP contribution in [-0.2, 0) is 6.42 Å². The monoisotopic (exact) mass is 261 g/mol. The maximum Gasteiger partial charge on any atom is 0.119 e. The Hall–Kier alpha value is -1.02. The molecule has 2 rings (SSSR count). The predicted molar refractivity (Wildman–Crippen MR) is 80.7 cm³/mol. The van der Waals surface area contributed by atoms with Gasteiger partial charge in [0.05, 0.1) is 6.61 Å². The number of ether oxygens (including phenoxy) is 1. The van der Waals surface area contributed by atoms with Gasteiger partial charge in [-0.1, -0.05) is 26.8 Å². The van der Waals surface area contributed by atoms with Gasteiger partial charge in [-0.05, 0) is 61.4 Å². The van der Waals surface area contributed by atoms with E-state index in [4.69, 9.17) is 4.74 Å². The Bertz CT molecular complexity index is 425. The van der Waals surface area contributed by atoms with Gasteiger partial charge in [0.1, 0.15) is 5.75 Å². The lowest BCUT2D eigenvalue weighted by Crippen LogP contribution is -2.25. The lowest BCUT2D eigenvalue weighted by Gasteiger charge is -2.27. The minimum atomic E-state index is 0.400. The molecule has 0 saturated heterocycles. The number of fused-ring (bicyclic) bond motifs is 1. The quantitative estimate of drug-likeness (QED) is 0.824. The van der Waals surface area contributed by atoms with Gasteiger partial charge in [0.15, 0.2) is 0 Å². The van der Waals surface area contributed by atoms with Crippen LogP contribution in [0.2, 0.25) is 0 Å². The Kier molecular flexibility index (Phi) is 4.51. The Morgan fingerprint density at radius 1 is 1.32 bits per heavy atom. The minimum Gasteiger partial charge on any atom is -0.494 e. The molecule has 1 unspecified atom stereocenters. The molecule has 0 spiro atoms. The van der Waals surface area contributed by atoms with Gasteiger partial charge in [0, 0.05) is 6.04 Å². The van der Waals surface area contributed by atoms with Crippen molar-refractivity contribution >= 4 is 0 Å². The number of rotatable bonds is 4. The van der Waals surface area contributed by atoms with E-state index in [9.17, 15) is 0 Å². The maximum atomic E-state index is 5.66. The molecule has 1 aliphatic carbocycles. The highest BCUT2D eigenvalue weighted by Gasteiger charge is 2.29. The average Bonchev–Trinajstić information content (AvgIpc) is 2.48. The summed E-state index contributed by atoms with van der Waals surface area (Å²) in [5.74, 6) is 1.00. The highest BCUT2D eigenvalue weighted by molar-refractivity contribution is 5.39. The van der Waals surface area contributed by atoms with Gasteiger partial charge in [-0.3, -0.25) is 0 Å². The van der Waals surface area contributed by atoms with Crippen LogP contribution in [0.25, 0.3) is 0 Å². The Morgan fingerprint density at radius 3 is 2.79 bits per heavy atom. The van der Waals surface area contributed by atoms with Crippen LogP contribution in [0.5, 0.6) is 5.75 Å². The molecule has 2 heteroatoms. The van der Waals surface area contributed by atoms with Crippen molar-refractivity contribution in [1.29, 1.82) is 0 Å². The summed E-state index contributed by atoms with van der Waals surface area (Å²) in [7, 11) is 0. The van der Waals surface area contributed by atoms with Crippen LogP contribution in [-0.4, -0.2) is 13.2 Å². The molecule has 0 aliphatic heterocycles. The normalized spacial score (nSPS) is 21.6. The molecule has 1 atom stereocenters. The van der Waals surface area contributed by atoms with Crippen LogP contribution < -0.4 is 10.1 Å². The van der Waals surface area contributed by atoms with Crippen molar-refractivity contribution in [2.45, 2.75) is 53.0 Å². The molecule has 0 heterocycles. The molecule has 0 saturated carbocycles. The van der Waals surface area contributed by atoms with Crippen molar-refractivity contribution in [1.82, 2.24) is 5.32 Å². The second-order valence-corrected chi connectivity index (χ2v) is 6.27. The van der Waals surface area contributed by atoms with Crippen molar-refractivity contribution < 1.29 is 4.74 Å². The van der Waals surface area contributed by atoms with Crippen molar-refractivity contribution in [3.63, 3.8) is 0 Å². The first-order chi connectivity index (χ1) is 9.05. The molecule has 0 aromatic heterocycles. The summed E-state index contributed by atoms with van der Waals surface area (Å²) in [6, 6.07) is 7.07. The zero-order valence-corrected chi connectivity index (χ0v) is 12.8. The van der Waals surface area contributed by atoms with Gasteiger partial charge in [-0.25, -0.2) is 0 Å². The molecule has 0 fully saturated rings. The first-order valence-electron chi connectivity index (χ1n) is 7.54. The number of hydrogen-bond acceptors (Lipinski definition) is 2. The summed E-state index contributed by atoms with van der Waals surface area (Å²) in [6.07, 6.45) is 3.63. The third-order valence-electron chi connectivity index (χ3n) is 4.08. The van der Waals surface area contributed by atoms with Gasteiger partial charge < -0.3 is 10.1 Å². The maximum absolute atomic E-state index is 5.66. The van der Waals surface area contributed by atoms with Gasteiger partial charge in [-0.15, -0.1) is 0 Å². The largest absolute Gasteiger partial charge is 0.494 e. The summed E-state index contributed by atoms with van der Waals surface area (Å²) < 4.78 is 5.66. The molecule has 0 bridgehead atoms. The molecule has 0 radical (unpaired) electrons. The third kappa shape index (κ3) is 3.50. The molecule has 106 valence electrons. The van der Waals surface area contributed by atoms with Crippen LogP contribution in [0, 0.1) is 5.41 Å². The van der Waals surface area contributed by atoms with E-state index >= 15 is 0 Å². The predicted octanol–water partition coefficient (Wildman–Crippen LogP) is 4.10. The van der Waals surface area contributed by atoms with Crippen LogP contribution in [0.1, 0.15) is 57.7 Å². The number of aryl methyl sites for hydroxylation is 1. The minimum absolute atomic E-state index is 0.400. The summed E-state index contributed by atoms with van der Waals surface area (Å²) in [5.41, 5.74) is 3.33. The first kappa shape index (κ1) is 14.4. The molecule has 1 aliphatic rings. The first-order valence-corrected chi connectivity index (χ1v) is 7.54. The zero-order valence-electron chi connectivity index (χ0n) is 12.8. The number of benzene rings is 1. The summed E-state index contributed by atoms with van der Waals surface area (Å²) in [5, 5.41) is 3.65. The van der Waals surface area contributed by atoms with E-state index in [1.54, 1.807) is 0 Å². The van der Waals surface area contributed by atoms with E-state index in [1.807, 2.05) is 6.92 Å². The molecular formula is C17H27NO. The highest BCUT2D eigenvalue weighted by atomic mass is 16.5. The summed E-state index contributed by atoms with van der Waals surface area (Å²) >= 11 is 0. The van der Waals surface area contributed by atoms with E-state index in [1.165, 1.54) is 30.4 Å². The Balaban J connectivity index is 2.34. The van der Waals surface area contributed by atoms with E-state index in [-0.39, 0.29) is 0 Å². The molecule has 2 nitrogen and oxygen atoms in total.